The molecule has 30 heavy (non-hydrogen) atoms. The summed E-state index contributed by atoms with van der Waals surface area (Å²) in [6.45, 7) is 2.70. The van der Waals surface area contributed by atoms with Gasteiger partial charge in [-0.15, -0.1) is 0 Å². The Hall–Kier alpha value is -3.39. The Morgan fingerprint density at radius 3 is 2.83 bits per heavy atom. The highest BCUT2D eigenvalue weighted by molar-refractivity contribution is 5.98. The number of nitrogen functional groups attached to an aromatic ring is 1. The van der Waals surface area contributed by atoms with Gasteiger partial charge in [0.1, 0.15) is 5.82 Å². The van der Waals surface area contributed by atoms with Gasteiger partial charge in [0.2, 0.25) is 5.95 Å². The summed E-state index contributed by atoms with van der Waals surface area (Å²) in [4.78, 5) is 27.9. The van der Waals surface area contributed by atoms with Crippen molar-refractivity contribution in [3.05, 3.63) is 71.1 Å². The van der Waals surface area contributed by atoms with Gasteiger partial charge in [-0.25, -0.2) is 14.4 Å². The minimum Gasteiger partial charge on any atom is -0.368 e. The maximum Gasteiger partial charge on any atom is 0.258 e. The van der Waals surface area contributed by atoms with Crippen LogP contribution in [0.5, 0.6) is 0 Å². The molecule has 8 heteroatoms. The molecule has 0 saturated carbocycles. The SMILES string of the molecule is Cc1nc(N)nc2c1C(=O)N(CCCN)C(c1ccc(F)cc1-c1cccnc1)C2. The Balaban J connectivity index is 1.87. The minimum atomic E-state index is -0.351. The number of nitrogens with zero attached hydrogens (tertiary/aromatic N) is 4. The summed E-state index contributed by atoms with van der Waals surface area (Å²) in [7, 11) is 0. The van der Waals surface area contributed by atoms with E-state index < -0.39 is 0 Å². The molecule has 3 heterocycles. The smallest absolute Gasteiger partial charge is 0.258 e. The standard InChI is InChI=1S/C22H23FN6O/c1-13-20-18(28-22(25)27-13)11-19(29(21(20)30)9-3-7-24)16-6-5-15(23)10-17(16)14-4-2-8-26-12-14/h2,4-6,8,10,12,19H,3,7,9,11,24H2,1H3,(H2,25,27,28). The van der Waals surface area contributed by atoms with Crippen LogP contribution in [0, 0.1) is 12.7 Å². The van der Waals surface area contributed by atoms with Gasteiger partial charge in [-0.2, -0.15) is 0 Å². The summed E-state index contributed by atoms with van der Waals surface area (Å²) in [5, 5.41) is 0. The Labute approximate surface area is 174 Å². The summed E-state index contributed by atoms with van der Waals surface area (Å²) in [6, 6.07) is 7.96. The molecule has 0 spiro atoms. The molecule has 0 fully saturated rings. The third-order valence-electron chi connectivity index (χ3n) is 5.37. The van der Waals surface area contributed by atoms with E-state index in [2.05, 4.69) is 15.0 Å². The number of benzene rings is 1. The van der Waals surface area contributed by atoms with E-state index in [4.69, 9.17) is 11.5 Å². The molecular formula is C22H23FN6O. The van der Waals surface area contributed by atoms with Gasteiger partial charge in [0.25, 0.3) is 5.91 Å². The fourth-order valence-electron chi connectivity index (χ4n) is 4.05. The first-order chi connectivity index (χ1) is 14.5. The van der Waals surface area contributed by atoms with Gasteiger partial charge >= 0.3 is 0 Å². The number of pyridine rings is 1. The molecule has 1 amide bonds. The molecule has 1 aliphatic rings. The van der Waals surface area contributed by atoms with Gasteiger partial charge in [0.05, 0.1) is 23.0 Å². The second-order valence-corrected chi connectivity index (χ2v) is 7.32. The molecule has 3 aromatic rings. The van der Waals surface area contributed by atoms with Gasteiger partial charge in [-0.1, -0.05) is 12.1 Å². The van der Waals surface area contributed by atoms with Crippen LogP contribution in [0.15, 0.2) is 42.7 Å². The highest BCUT2D eigenvalue weighted by Crippen LogP contribution is 2.38. The fraction of sp³-hybridized carbons (Fsp3) is 0.273. The minimum absolute atomic E-state index is 0.139. The monoisotopic (exact) mass is 406 g/mol. The number of aromatic nitrogens is 3. The normalized spacial score (nSPS) is 15.9. The average Bonchev–Trinajstić information content (AvgIpc) is 2.73. The Kier molecular flexibility index (Phi) is 5.41. The van der Waals surface area contributed by atoms with E-state index in [1.165, 1.54) is 12.1 Å². The van der Waals surface area contributed by atoms with E-state index in [9.17, 15) is 9.18 Å². The van der Waals surface area contributed by atoms with Crippen molar-refractivity contribution < 1.29 is 9.18 Å². The van der Waals surface area contributed by atoms with E-state index >= 15 is 0 Å². The molecule has 1 aromatic carbocycles. The maximum absolute atomic E-state index is 14.2. The van der Waals surface area contributed by atoms with E-state index in [1.807, 2.05) is 6.07 Å². The molecule has 0 aliphatic carbocycles. The van der Waals surface area contributed by atoms with E-state index in [-0.39, 0.29) is 23.7 Å². The van der Waals surface area contributed by atoms with E-state index in [0.717, 1.165) is 11.1 Å². The fourth-order valence-corrected chi connectivity index (χ4v) is 4.05. The lowest BCUT2D eigenvalue weighted by molar-refractivity contribution is 0.0642. The maximum atomic E-state index is 14.2. The van der Waals surface area contributed by atoms with Crippen LogP contribution in [-0.2, 0) is 6.42 Å². The Bertz CT molecular complexity index is 1090. The van der Waals surface area contributed by atoms with Crippen molar-refractivity contribution in [2.45, 2.75) is 25.8 Å². The molecule has 1 unspecified atom stereocenters. The number of hydrogen-bond acceptors (Lipinski definition) is 6. The number of halogens is 1. The van der Waals surface area contributed by atoms with Crippen molar-refractivity contribution in [1.82, 2.24) is 19.9 Å². The topological polar surface area (TPSA) is 111 Å². The third kappa shape index (κ3) is 3.61. The van der Waals surface area contributed by atoms with Gasteiger partial charge in [0.15, 0.2) is 0 Å². The lowest BCUT2D eigenvalue weighted by atomic mass is 9.87. The molecule has 4 N–H and O–H groups in total. The molecule has 1 aliphatic heterocycles. The highest BCUT2D eigenvalue weighted by atomic mass is 19.1. The van der Waals surface area contributed by atoms with Gasteiger partial charge in [-0.05, 0) is 49.2 Å². The molecule has 2 aromatic heterocycles. The molecular weight excluding hydrogens is 383 g/mol. The number of fused-ring (bicyclic) bond motifs is 1. The first-order valence-electron chi connectivity index (χ1n) is 9.83. The third-order valence-corrected chi connectivity index (χ3v) is 5.37. The van der Waals surface area contributed by atoms with Crippen LogP contribution in [-0.4, -0.2) is 38.8 Å². The van der Waals surface area contributed by atoms with Crippen molar-refractivity contribution in [2.75, 3.05) is 18.8 Å². The molecule has 7 nitrogen and oxygen atoms in total. The van der Waals surface area contributed by atoms with Gasteiger partial charge in [0, 0.05) is 30.9 Å². The lowest BCUT2D eigenvalue weighted by Crippen LogP contribution is -2.42. The van der Waals surface area contributed by atoms with Crippen LogP contribution in [0.2, 0.25) is 0 Å². The zero-order chi connectivity index (χ0) is 21.3. The van der Waals surface area contributed by atoms with Crippen molar-refractivity contribution >= 4 is 11.9 Å². The first-order valence-corrected chi connectivity index (χ1v) is 9.83. The van der Waals surface area contributed by atoms with Crippen LogP contribution in [0.3, 0.4) is 0 Å². The van der Waals surface area contributed by atoms with Crippen molar-refractivity contribution in [1.29, 1.82) is 0 Å². The number of anilines is 1. The number of rotatable bonds is 5. The lowest BCUT2D eigenvalue weighted by Gasteiger charge is -2.38. The zero-order valence-electron chi connectivity index (χ0n) is 16.7. The summed E-state index contributed by atoms with van der Waals surface area (Å²) < 4.78 is 14.2. The molecule has 0 radical (unpaired) electrons. The molecule has 0 bridgehead atoms. The second kappa shape index (κ2) is 8.16. The average molecular weight is 406 g/mol. The number of hydrogen-bond donors (Lipinski definition) is 2. The summed E-state index contributed by atoms with van der Waals surface area (Å²) in [6.07, 6.45) is 4.46. The van der Waals surface area contributed by atoms with Gasteiger partial charge in [-0.3, -0.25) is 9.78 Å². The number of carbonyl (C=O) groups excluding carboxylic acids is 1. The van der Waals surface area contributed by atoms with Crippen molar-refractivity contribution in [3.8, 4) is 11.1 Å². The van der Waals surface area contributed by atoms with Crippen LogP contribution in [0.4, 0.5) is 10.3 Å². The number of aryl methyl sites for hydroxylation is 1. The number of carbonyl (C=O) groups is 1. The quantitative estimate of drug-likeness (QED) is 0.674. The van der Waals surface area contributed by atoms with E-state index in [1.54, 1.807) is 36.4 Å². The van der Waals surface area contributed by atoms with E-state index in [0.29, 0.717) is 48.4 Å². The van der Waals surface area contributed by atoms with Crippen LogP contribution in [0.1, 0.15) is 39.8 Å². The first kappa shape index (κ1) is 19.9. The van der Waals surface area contributed by atoms with Gasteiger partial charge < -0.3 is 16.4 Å². The van der Waals surface area contributed by atoms with Crippen LogP contribution >= 0.6 is 0 Å². The molecule has 0 saturated heterocycles. The Morgan fingerprint density at radius 1 is 1.27 bits per heavy atom. The van der Waals surface area contributed by atoms with Crippen molar-refractivity contribution in [2.24, 2.45) is 5.73 Å². The molecule has 1 atom stereocenters. The summed E-state index contributed by atoms with van der Waals surface area (Å²) >= 11 is 0. The largest absolute Gasteiger partial charge is 0.368 e. The zero-order valence-corrected chi connectivity index (χ0v) is 16.7. The summed E-state index contributed by atoms with van der Waals surface area (Å²) in [5.74, 6) is -0.371. The van der Waals surface area contributed by atoms with Crippen LogP contribution < -0.4 is 11.5 Å². The predicted octanol–water partition coefficient (Wildman–Crippen LogP) is 2.66. The van der Waals surface area contributed by atoms with Crippen LogP contribution in [0.25, 0.3) is 11.1 Å². The molecule has 4 rings (SSSR count). The second-order valence-electron chi connectivity index (χ2n) is 7.32. The number of nitrogens with two attached hydrogens (primary N) is 2. The highest BCUT2D eigenvalue weighted by Gasteiger charge is 2.36. The predicted molar refractivity (Wildman–Crippen MR) is 112 cm³/mol. The van der Waals surface area contributed by atoms with Crippen molar-refractivity contribution in [3.63, 3.8) is 0 Å². The Morgan fingerprint density at radius 2 is 2.10 bits per heavy atom. The molecule has 154 valence electrons. The number of amides is 1. The summed E-state index contributed by atoms with van der Waals surface area (Å²) in [5.41, 5.74) is 15.5.